The average Bonchev–Trinajstić information content (AvgIpc) is 2.87. The first-order chi connectivity index (χ1) is 8.81. The fourth-order valence-corrected chi connectivity index (χ4v) is 3.73. The second-order valence-corrected chi connectivity index (χ2v) is 6.08. The zero-order valence-corrected chi connectivity index (χ0v) is 11.5. The fourth-order valence-electron chi connectivity index (χ4n) is 3.73. The molecule has 3 heterocycles. The summed E-state index contributed by atoms with van der Waals surface area (Å²) in [5, 5.41) is 3.40. The molecule has 2 unspecified atom stereocenters. The minimum Gasteiger partial charge on any atom is -0.378 e. The number of nitrogens with one attached hydrogen (secondary N) is 1. The van der Waals surface area contributed by atoms with Crippen LogP contribution in [0.5, 0.6) is 0 Å². The Labute approximate surface area is 110 Å². The molecule has 3 saturated heterocycles. The first-order valence-corrected chi connectivity index (χ1v) is 7.44. The third-order valence-corrected chi connectivity index (χ3v) is 4.99. The van der Waals surface area contributed by atoms with E-state index < -0.39 is 0 Å². The number of rotatable bonds is 2. The highest BCUT2D eigenvalue weighted by Crippen LogP contribution is 2.35. The summed E-state index contributed by atoms with van der Waals surface area (Å²) in [4.78, 5) is 2.69. The second-order valence-electron chi connectivity index (χ2n) is 6.08. The minimum atomic E-state index is 0.0583. The van der Waals surface area contributed by atoms with Crippen LogP contribution in [0.4, 0.5) is 0 Å². The molecule has 3 aliphatic heterocycles. The van der Waals surface area contributed by atoms with Crippen molar-refractivity contribution < 1.29 is 9.47 Å². The molecular formula is C14H26N2O2. The molecule has 0 aromatic heterocycles. The molecule has 104 valence electrons. The zero-order valence-electron chi connectivity index (χ0n) is 11.5. The Hall–Kier alpha value is -0.160. The molecule has 0 radical (unpaired) electrons. The van der Waals surface area contributed by atoms with Crippen LogP contribution in [0, 0.1) is 0 Å². The lowest BCUT2D eigenvalue weighted by atomic mass is 9.88. The molecule has 1 spiro atoms. The van der Waals surface area contributed by atoms with Gasteiger partial charge in [0, 0.05) is 31.7 Å². The van der Waals surface area contributed by atoms with E-state index in [4.69, 9.17) is 9.47 Å². The van der Waals surface area contributed by atoms with Gasteiger partial charge in [0.1, 0.15) is 0 Å². The smallest absolute Gasteiger partial charge is 0.0951 e. The van der Waals surface area contributed by atoms with Crippen molar-refractivity contribution in [2.24, 2.45) is 0 Å². The topological polar surface area (TPSA) is 33.7 Å². The van der Waals surface area contributed by atoms with Gasteiger partial charge in [0.15, 0.2) is 0 Å². The third-order valence-electron chi connectivity index (χ3n) is 4.99. The maximum absolute atomic E-state index is 6.03. The quantitative estimate of drug-likeness (QED) is 0.797. The largest absolute Gasteiger partial charge is 0.378 e. The molecule has 3 aliphatic rings. The van der Waals surface area contributed by atoms with Gasteiger partial charge in [-0.1, -0.05) is 0 Å². The molecule has 0 aromatic rings. The van der Waals surface area contributed by atoms with Gasteiger partial charge in [-0.3, -0.25) is 0 Å². The van der Waals surface area contributed by atoms with Crippen molar-refractivity contribution in [3.05, 3.63) is 0 Å². The van der Waals surface area contributed by atoms with Crippen LogP contribution >= 0.6 is 0 Å². The van der Waals surface area contributed by atoms with Crippen molar-refractivity contribution in [2.45, 2.75) is 49.8 Å². The van der Waals surface area contributed by atoms with Crippen molar-refractivity contribution >= 4 is 0 Å². The first kappa shape index (κ1) is 12.9. The van der Waals surface area contributed by atoms with Crippen molar-refractivity contribution in [1.82, 2.24) is 10.2 Å². The molecule has 0 aliphatic carbocycles. The van der Waals surface area contributed by atoms with E-state index >= 15 is 0 Å². The molecule has 0 bridgehead atoms. The SMILES string of the molecule is CNC1CCN(C2CCOC3(CCOC3)C2)CC1. The van der Waals surface area contributed by atoms with Gasteiger partial charge in [-0.05, 0) is 45.8 Å². The summed E-state index contributed by atoms with van der Waals surface area (Å²) < 4.78 is 11.6. The summed E-state index contributed by atoms with van der Waals surface area (Å²) in [7, 11) is 2.08. The molecule has 3 fully saturated rings. The normalized spacial score (nSPS) is 39.5. The standard InChI is InChI=1S/C14H26N2O2/c1-15-12-2-6-16(7-3-12)13-4-8-18-14(10-13)5-9-17-11-14/h12-13,15H,2-11H2,1H3. The molecule has 0 saturated carbocycles. The van der Waals surface area contributed by atoms with Gasteiger partial charge in [0.25, 0.3) is 0 Å². The number of piperidine rings is 1. The number of nitrogens with zero attached hydrogens (tertiary/aromatic N) is 1. The van der Waals surface area contributed by atoms with Crippen LogP contribution in [-0.2, 0) is 9.47 Å². The number of likely N-dealkylation sites (tertiary alicyclic amines) is 1. The first-order valence-electron chi connectivity index (χ1n) is 7.44. The maximum Gasteiger partial charge on any atom is 0.0951 e. The number of hydrogen-bond acceptors (Lipinski definition) is 4. The molecule has 2 atom stereocenters. The Morgan fingerprint density at radius 2 is 2.00 bits per heavy atom. The van der Waals surface area contributed by atoms with Crippen molar-refractivity contribution in [3.8, 4) is 0 Å². The van der Waals surface area contributed by atoms with Gasteiger partial charge in [0.2, 0.25) is 0 Å². The van der Waals surface area contributed by atoms with E-state index in [1.807, 2.05) is 0 Å². The monoisotopic (exact) mass is 254 g/mol. The second kappa shape index (κ2) is 5.45. The molecule has 4 heteroatoms. The van der Waals surface area contributed by atoms with Crippen LogP contribution in [0.25, 0.3) is 0 Å². The highest BCUT2D eigenvalue weighted by atomic mass is 16.6. The van der Waals surface area contributed by atoms with Gasteiger partial charge in [-0.2, -0.15) is 0 Å². The third kappa shape index (κ3) is 2.57. The van der Waals surface area contributed by atoms with E-state index in [2.05, 4.69) is 17.3 Å². The molecule has 3 rings (SSSR count). The van der Waals surface area contributed by atoms with E-state index in [-0.39, 0.29) is 5.60 Å². The highest BCUT2D eigenvalue weighted by molar-refractivity contribution is 4.94. The summed E-state index contributed by atoms with van der Waals surface area (Å²) in [5.41, 5.74) is 0.0583. The van der Waals surface area contributed by atoms with Gasteiger partial charge in [0.05, 0.1) is 12.2 Å². The summed E-state index contributed by atoms with van der Waals surface area (Å²) in [5.74, 6) is 0. The maximum atomic E-state index is 6.03. The molecular weight excluding hydrogens is 228 g/mol. The predicted octanol–water partition coefficient (Wildman–Crippen LogP) is 1.01. The van der Waals surface area contributed by atoms with Crippen LogP contribution in [-0.4, -0.2) is 62.5 Å². The lowest BCUT2D eigenvalue weighted by Gasteiger charge is -2.44. The fraction of sp³-hybridized carbons (Fsp3) is 1.00. The Balaban J connectivity index is 1.56. The van der Waals surface area contributed by atoms with E-state index in [1.165, 1.54) is 38.8 Å². The van der Waals surface area contributed by atoms with Gasteiger partial charge >= 0.3 is 0 Å². The Morgan fingerprint density at radius 3 is 2.67 bits per heavy atom. The van der Waals surface area contributed by atoms with Crippen LogP contribution in [0.2, 0.25) is 0 Å². The predicted molar refractivity (Wildman–Crippen MR) is 70.8 cm³/mol. The zero-order chi connectivity index (χ0) is 12.4. The Morgan fingerprint density at radius 1 is 1.17 bits per heavy atom. The van der Waals surface area contributed by atoms with E-state index in [0.29, 0.717) is 0 Å². The van der Waals surface area contributed by atoms with Crippen LogP contribution in [0.3, 0.4) is 0 Å². The Bertz CT molecular complexity index is 271. The van der Waals surface area contributed by atoms with E-state index in [9.17, 15) is 0 Å². The van der Waals surface area contributed by atoms with Crippen molar-refractivity contribution in [2.75, 3.05) is 40.0 Å². The van der Waals surface area contributed by atoms with E-state index in [0.717, 1.165) is 38.3 Å². The molecule has 0 aromatic carbocycles. The van der Waals surface area contributed by atoms with Crippen LogP contribution < -0.4 is 5.32 Å². The van der Waals surface area contributed by atoms with Crippen LogP contribution in [0.15, 0.2) is 0 Å². The minimum absolute atomic E-state index is 0.0583. The lowest BCUT2D eigenvalue weighted by molar-refractivity contribution is -0.108. The molecule has 4 nitrogen and oxygen atoms in total. The number of ether oxygens (including phenoxy) is 2. The average molecular weight is 254 g/mol. The molecule has 0 amide bonds. The molecule has 18 heavy (non-hydrogen) atoms. The Kier molecular flexibility index (Phi) is 3.89. The van der Waals surface area contributed by atoms with Crippen LogP contribution in [0.1, 0.15) is 32.1 Å². The summed E-state index contributed by atoms with van der Waals surface area (Å²) >= 11 is 0. The van der Waals surface area contributed by atoms with Gasteiger partial charge in [-0.15, -0.1) is 0 Å². The van der Waals surface area contributed by atoms with E-state index in [1.54, 1.807) is 0 Å². The molecule has 1 N–H and O–H groups in total. The number of hydrogen-bond donors (Lipinski definition) is 1. The van der Waals surface area contributed by atoms with Crippen molar-refractivity contribution in [3.63, 3.8) is 0 Å². The summed E-state index contributed by atoms with van der Waals surface area (Å²) in [6, 6.07) is 1.45. The van der Waals surface area contributed by atoms with Gasteiger partial charge < -0.3 is 19.7 Å². The highest BCUT2D eigenvalue weighted by Gasteiger charge is 2.42. The lowest BCUT2D eigenvalue weighted by Crippen LogP contribution is -2.52. The van der Waals surface area contributed by atoms with Crippen molar-refractivity contribution in [1.29, 1.82) is 0 Å². The summed E-state index contributed by atoms with van der Waals surface area (Å²) in [6.45, 7) is 5.10. The van der Waals surface area contributed by atoms with Gasteiger partial charge in [-0.25, -0.2) is 0 Å². The summed E-state index contributed by atoms with van der Waals surface area (Å²) in [6.07, 6.45) is 6.05.